The summed E-state index contributed by atoms with van der Waals surface area (Å²) in [5.74, 6) is 3.05. The highest BCUT2D eigenvalue weighted by atomic mass is 35.5. The van der Waals surface area contributed by atoms with Crippen LogP contribution in [-0.2, 0) is 17.8 Å². The Balaban J connectivity index is 1.47. The Hall–Kier alpha value is -2.99. The van der Waals surface area contributed by atoms with Crippen LogP contribution in [0.2, 0.25) is 5.02 Å². The number of ether oxygens (including phenoxy) is 2. The Morgan fingerprint density at radius 2 is 1.94 bits per heavy atom. The molecule has 0 saturated carbocycles. The van der Waals surface area contributed by atoms with E-state index in [0.29, 0.717) is 53.7 Å². The number of carbonyl (C=O) groups excluding carboxylic acids is 1. The first-order valence-corrected chi connectivity index (χ1v) is 11.1. The third-order valence-electron chi connectivity index (χ3n) is 4.92. The van der Waals surface area contributed by atoms with Crippen LogP contribution in [-0.4, -0.2) is 24.6 Å². The van der Waals surface area contributed by atoms with Crippen molar-refractivity contribution in [2.75, 3.05) is 13.7 Å². The van der Waals surface area contributed by atoms with Crippen LogP contribution in [0.25, 0.3) is 11.3 Å². The van der Waals surface area contributed by atoms with Gasteiger partial charge < -0.3 is 19.2 Å². The molecule has 0 aliphatic carbocycles. The largest absolute Gasteiger partial charge is 0.493 e. The molecule has 1 heterocycles. The zero-order valence-electron chi connectivity index (χ0n) is 18.7. The molecule has 1 N–H and O–H groups in total. The molecule has 0 saturated heterocycles. The highest BCUT2D eigenvalue weighted by molar-refractivity contribution is 6.30. The van der Waals surface area contributed by atoms with E-state index in [9.17, 15) is 4.79 Å². The van der Waals surface area contributed by atoms with Crippen molar-refractivity contribution < 1.29 is 18.7 Å². The molecular weight excluding hydrogens is 428 g/mol. The van der Waals surface area contributed by atoms with E-state index in [4.69, 9.17) is 25.5 Å². The summed E-state index contributed by atoms with van der Waals surface area (Å²) in [6.45, 7) is 5.37. The van der Waals surface area contributed by atoms with E-state index in [1.807, 2.05) is 30.3 Å². The van der Waals surface area contributed by atoms with Crippen molar-refractivity contribution >= 4 is 17.5 Å². The highest BCUT2D eigenvalue weighted by Gasteiger charge is 2.11. The van der Waals surface area contributed by atoms with E-state index in [1.165, 1.54) is 0 Å². The number of methoxy groups -OCH3 is 1. The molecule has 0 aliphatic heterocycles. The number of nitrogens with zero attached hydrogens (tertiary/aromatic N) is 1. The fourth-order valence-corrected chi connectivity index (χ4v) is 3.15. The van der Waals surface area contributed by atoms with Crippen LogP contribution >= 0.6 is 11.6 Å². The van der Waals surface area contributed by atoms with E-state index >= 15 is 0 Å². The number of aromatic nitrogens is 1. The second-order valence-electron chi connectivity index (χ2n) is 7.92. The minimum absolute atomic E-state index is 0.0764. The lowest BCUT2D eigenvalue weighted by molar-refractivity contribution is -0.121. The van der Waals surface area contributed by atoms with Gasteiger partial charge in [-0.3, -0.25) is 4.79 Å². The normalized spacial score (nSPS) is 10.9. The summed E-state index contributed by atoms with van der Waals surface area (Å²) in [5.41, 5.74) is 1.83. The number of hydrogen-bond donors (Lipinski definition) is 1. The molecular formula is C25H29ClN2O4. The summed E-state index contributed by atoms with van der Waals surface area (Å²) in [7, 11) is 1.61. The molecule has 3 rings (SSSR count). The van der Waals surface area contributed by atoms with Crippen molar-refractivity contribution in [3.8, 4) is 22.8 Å². The minimum Gasteiger partial charge on any atom is -0.493 e. The molecule has 170 valence electrons. The molecule has 0 atom stereocenters. The van der Waals surface area contributed by atoms with Crippen molar-refractivity contribution in [3.05, 3.63) is 65.1 Å². The monoisotopic (exact) mass is 456 g/mol. The van der Waals surface area contributed by atoms with Crippen LogP contribution in [0.1, 0.15) is 38.1 Å². The van der Waals surface area contributed by atoms with Crippen LogP contribution in [0.5, 0.6) is 11.5 Å². The minimum atomic E-state index is -0.0764. The summed E-state index contributed by atoms with van der Waals surface area (Å²) in [6, 6.07) is 13.0. The first-order chi connectivity index (χ1) is 15.4. The predicted octanol–water partition coefficient (Wildman–Crippen LogP) is 5.68. The molecule has 32 heavy (non-hydrogen) atoms. The maximum absolute atomic E-state index is 12.3. The molecule has 0 aliphatic rings. The van der Waals surface area contributed by atoms with Gasteiger partial charge in [-0.2, -0.15) is 0 Å². The van der Waals surface area contributed by atoms with Gasteiger partial charge in [-0.15, -0.1) is 0 Å². The smallest absolute Gasteiger partial charge is 0.220 e. The van der Waals surface area contributed by atoms with Gasteiger partial charge in [0.05, 0.1) is 19.9 Å². The van der Waals surface area contributed by atoms with E-state index in [0.717, 1.165) is 17.5 Å². The number of hydrogen-bond acceptors (Lipinski definition) is 5. The number of halogens is 1. The van der Waals surface area contributed by atoms with E-state index in [1.54, 1.807) is 25.4 Å². The molecule has 1 amide bonds. The number of oxazole rings is 1. The Bertz CT molecular complexity index is 1020. The number of benzene rings is 2. The van der Waals surface area contributed by atoms with Crippen molar-refractivity contribution in [3.63, 3.8) is 0 Å². The topological polar surface area (TPSA) is 73.6 Å². The van der Waals surface area contributed by atoms with Gasteiger partial charge in [-0.1, -0.05) is 31.5 Å². The van der Waals surface area contributed by atoms with Gasteiger partial charge in [-0.25, -0.2) is 4.98 Å². The maximum Gasteiger partial charge on any atom is 0.220 e. The van der Waals surface area contributed by atoms with Crippen molar-refractivity contribution in [2.45, 2.75) is 39.7 Å². The first-order valence-electron chi connectivity index (χ1n) is 10.7. The molecule has 0 radical (unpaired) electrons. The van der Waals surface area contributed by atoms with Gasteiger partial charge >= 0.3 is 0 Å². The molecule has 0 spiro atoms. The third-order valence-corrected chi connectivity index (χ3v) is 5.17. The van der Waals surface area contributed by atoms with Crippen molar-refractivity contribution in [1.29, 1.82) is 0 Å². The Morgan fingerprint density at radius 1 is 1.16 bits per heavy atom. The average Bonchev–Trinajstić information content (AvgIpc) is 3.26. The molecule has 1 aromatic heterocycles. The summed E-state index contributed by atoms with van der Waals surface area (Å²) >= 11 is 5.91. The zero-order valence-corrected chi connectivity index (χ0v) is 19.4. The maximum atomic E-state index is 12.3. The SMILES string of the molecule is COc1cc(CNC(=O)CCc2ncc(-c3ccc(Cl)cc3)o2)ccc1OCCC(C)C. The Morgan fingerprint density at radius 3 is 2.66 bits per heavy atom. The third kappa shape index (κ3) is 7.02. The van der Waals surface area contributed by atoms with Crippen LogP contribution in [0.3, 0.4) is 0 Å². The summed E-state index contributed by atoms with van der Waals surface area (Å²) in [5, 5.41) is 3.59. The Kier molecular flexibility index (Phi) is 8.56. The predicted molar refractivity (Wildman–Crippen MR) is 125 cm³/mol. The number of amides is 1. The fourth-order valence-electron chi connectivity index (χ4n) is 3.03. The number of carbonyl (C=O) groups is 1. The standard InChI is InChI=1S/C25H29ClN2O4/c1-17(2)12-13-31-21-9-4-18(14-22(21)30-3)15-27-24(29)10-11-25-28-16-23(32-25)19-5-7-20(26)8-6-19/h4-9,14,16-17H,10-13,15H2,1-3H3,(H,27,29). The van der Waals surface area contributed by atoms with Gasteiger partial charge in [0.25, 0.3) is 0 Å². The molecule has 0 bridgehead atoms. The van der Waals surface area contributed by atoms with Gasteiger partial charge in [0.2, 0.25) is 5.91 Å². The van der Waals surface area contributed by atoms with Crippen molar-refractivity contribution in [1.82, 2.24) is 10.3 Å². The number of aryl methyl sites for hydroxylation is 1. The van der Waals surface area contributed by atoms with Gasteiger partial charge in [0, 0.05) is 30.0 Å². The van der Waals surface area contributed by atoms with Crippen LogP contribution < -0.4 is 14.8 Å². The van der Waals surface area contributed by atoms with Crippen molar-refractivity contribution in [2.24, 2.45) is 5.92 Å². The lowest BCUT2D eigenvalue weighted by Gasteiger charge is -2.13. The quantitative estimate of drug-likeness (QED) is 0.402. The van der Waals surface area contributed by atoms with E-state index < -0.39 is 0 Å². The number of nitrogens with one attached hydrogen (secondary N) is 1. The fraction of sp³-hybridized carbons (Fsp3) is 0.360. The van der Waals surface area contributed by atoms with E-state index in [2.05, 4.69) is 24.1 Å². The summed E-state index contributed by atoms with van der Waals surface area (Å²) in [4.78, 5) is 16.5. The summed E-state index contributed by atoms with van der Waals surface area (Å²) < 4.78 is 17.0. The highest BCUT2D eigenvalue weighted by Crippen LogP contribution is 2.28. The average molecular weight is 457 g/mol. The van der Waals surface area contributed by atoms with E-state index in [-0.39, 0.29) is 12.3 Å². The second kappa shape index (κ2) is 11.6. The molecule has 6 nitrogen and oxygen atoms in total. The molecule has 2 aromatic carbocycles. The molecule has 7 heteroatoms. The van der Waals surface area contributed by atoms with Crippen LogP contribution in [0.4, 0.5) is 0 Å². The van der Waals surface area contributed by atoms with Crippen LogP contribution in [0, 0.1) is 5.92 Å². The number of rotatable bonds is 11. The molecule has 0 fully saturated rings. The molecule has 0 unspecified atom stereocenters. The van der Waals surface area contributed by atoms with Crippen LogP contribution in [0.15, 0.2) is 53.1 Å². The van der Waals surface area contributed by atoms with Gasteiger partial charge in [0.15, 0.2) is 23.1 Å². The second-order valence-corrected chi connectivity index (χ2v) is 8.35. The van der Waals surface area contributed by atoms with Gasteiger partial charge in [0.1, 0.15) is 0 Å². The Labute approximate surface area is 193 Å². The summed E-state index contributed by atoms with van der Waals surface area (Å²) in [6.07, 6.45) is 3.35. The van der Waals surface area contributed by atoms with Gasteiger partial charge in [-0.05, 0) is 54.3 Å². The lowest BCUT2D eigenvalue weighted by Crippen LogP contribution is -2.23. The first kappa shape index (κ1) is 23.7. The zero-order chi connectivity index (χ0) is 22.9. The molecule has 3 aromatic rings. The lowest BCUT2D eigenvalue weighted by atomic mass is 10.1.